The summed E-state index contributed by atoms with van der Waals surface area (Å²) in [5.41, 5.74) is 9.09. The fourth-order valence-corrected chi connectivity index (χ4v) is 7.09. The first-order valence-electron chi connectivity index (χ1n) is 13.2. The molecular weight excluding hydrogens is 506 g/mol. The van der Waals surface area contributed by atoms with Crippen LogP contribution >= 0.6 is 11.3 Å². The fraction of sp³-hybridized carbons (Fsp3) is 0. The van der Waals surface area contributed by atoms with Crippen LogP contribution < -0.4 is 0 Å². The Hall–Kier alpha value is -5.17. The van der Waals surface area contributed by atoms with E-state index in [4.69, 9.17) is 4.42 Å². The van der Waals surface area contributed by atoms with Crippen LogP contribution in [0.1, 0.15) is 5.56 Å². The van der Waals surface area contributed by atoms with Crippen LogP contribution in [-0.4, -0.2) is 0 Å². The van der Waals surface area contributed by atoms with E-state index in [1.165, 1.54) is 25.7 Å². The van der Waals surface area contributed by atoms with Crippen molar-refractivity contribution in [3.05, 3.63) is 133 Å². The van der Waals surface area contributed by atoms with Crippen LogP contribution in [0.15, 0.2) is 132 Å². The minimum absolute atomic E-state index is 0.645. The Balaban J connectivity index is 1.44. The van der Waals surface area contributed by atoms with Crippen molar-refractivity contribution in [1.82, 2.24) is 0 Å². The lowest BCUT2D eigenvalue weighted by molar-refractivity contribution is 0.669. The van der Waals surface area contributed by atoms with Crippen LogP contribution in [0.5, 0.6) is 0 Å². The van der Waals surface area contributed by atoms with Crippen LogP contribution in [-0.2, 0) is 0 Å². The van der Waals surface area contributed by atoms with E-state index >= 15 is 0 Å². The van der Waals surface area contributed by atoms with Gasteiger partial charge in [-0.2, -0.15) is 5.26 Å². The average molecular weight is 528 g/mol. The molecule has 0 radical (unpaired) electrons. The summed E-state index contributed by atoms with van der Waals surface area (Å²) < 4.78 is 8.80. The molecule has 8 rings (SSSR count). The third kappa shape index (κ3) is 3.48. The lowest BCUT2D eigenvalue weighted by Gasteiger charge is -2.15. The maximum absolute atomic E-state index is 9.69. The molecule has 40 heavy (non-hydrogen) atoms. The molecular formula is C37H21NOS. The van der Waals surface area contributed by atoms with Crippen LogP contribution in [0, 0.1) is 11.3 Å². The molecule has 6 aromatic carbocycles. The van der Waals surface area contributed by atoms with Crippen molar-refractivity contribution in [3.63, 3.8) is 0 Å². The summed E-state index contributed by atoms with van der Waals surface area (Å²) in [7, 11) is 0. The second-order valence-electron chi connectivity index (χ2n) is 10.0. The second-order valence-corrected chi connectivity index (χ2v) is 11.1. The number of hydrogen-bond donors (Lipinski definition) is 0. The van der Waals surface area contributed by atoms with Gasteiger partial charge in [-0.05, 0) is 75.8 Å². The smallest absolute Gasteiger partial charge is 0.136 e. The van der Waals surface area contributed by atoms with Gasteiger partial charge >= 0.3 is 0 Å². The van der Waals surface area contributed by atoms with Crippen molar-refractivity contribution in [2.75, 3.05) is 0 Å². The number of para-hydroxylation sites is 1. The lowest BCUT2D eigenvalue weighted by atomic mass is 9.88. The van der Waals surface area contributed by atoms with E-state index in [1.807, 2.05) is 47.7 Å². The van der Waals surface area contributed by atoms with Gasteiger partial charge in [0.1, 0.15) is 11.2 Å². The summed E-state index contributed by atoms with van der Waals surface area (Å²) in [4.78, 5) is 0. The summed E-state index contributed by atoms with van der Waals surface area (Å²) >= 11 is 1.83. The van der Waals surface area contributed by atoms with Crippen LogP contribution in [0.3, 0.4) is 0 Å². The van der Waals surface area contributed by atoms with Crippen molar-refractivity contribution in [2.24, 2.45) is 0 Å². The van der Waals surface area contributed by atoms with Crippen molar-refractivity contribution in [2.45, 2.75) is 0 Å². The van der Waals surface area contributed by atoms with E-state index in [-0.39, 0.29) is 0 Å². The first-order chi connectivity index (χ1) is 19.8. The van der Waals surface area contributed by atoms with E-state index in [0.717, 1.165) is 49.8 Å². The van der Waals surface area contributed by atoms with Gasteiger partial charge in [0.15, 0.2) is 0 Å². The third-order valence-corrected chi connectivity index (χ3v) is 8.86. The fourth-order valence-electron chi connectivity index (χ4n) is 5.96. The Morgan fingerprint density at radius 2 is 1.23 bits per heavy atom. The number of benzene rings is 6. The minimum atomic E-state index is 0.645. The van der Waals surface area contributed by atoms with Crippen molar-refractivity contribution in [1.29, 1.82) is 5.26 Å². The van der Waals surface area contributed by atoms with Crippen molar-refractivity contribution < 1.29 is 4.42 Å². The predicted molar refractivity (Wildman–Crippen MR) is 168 cm³/mol. The Labute approximate surface area is 235 Å². The zero-order valence-electron chi connectivity index (χ0n) is 21.4. The number of nitrogens with zero attached hydrogens (tertiary/aromatic N) is 1. The molecule has 0 fully saturated rings. The van der Waals surface area contributed by atoms with Gasteiger partial charge in [0, 0.05) is 30.9 Å². The maximum Gasteiger partial charge on any atom is 0.136 e. The van der Waals surface area contributed by atoms with Gasteiger partial charge in [-0.15, -0.1) is 11.3 Å². The lowest BCUT2D eigenvalue weighted by Crippen LogP contribution is -1.90. The molecule has 0 aliphatic heterocycles. The maximum atomic E-state index is 9.69. The summed E-state index contributed by atoms with van der Waals surface area (Å²) in [6.45, 7) is 0. The monoisotopic (exact) mass is 527 g/mol. The molecule has 2 aromatic heterocycles. The molecule has 0 amide bonds. The number of furan rings is 1. The normalized spacial score (nSPS) is 11.5. The quantitative estimate of drug-likeness (QED) is 0.229. The van der Waals surface area contributed by atoms with Crippen LogP contribution in [0.25, 0.3) is 75.5 Å². The number of thiophene rings is 1. The zero-order valence-corrected chi connectivity index (χ0v) is 22.2. The van der Waals surface area contributed by atoms with E-state index < -0.39 is 0 Å². The first-order valence-corrected chi connectivity index (χ1v) is 14.1. The van der Waals surface area contributed by atoms with E-state index in [1.54, 1.807) is 0 Å². The number of hydrogen-bond acceptors (Lipinski definition) is 3. The van der Waals surface area contributed by atoms with Gasteiger partial charge < -0.3 is 4.42 Å². The van der Waals surface area contributed by atoms with Crippen LogP contribution in [0.4, 0.5) is 0 Å². The van der Waals surface area contributed by atoms with Crippen molar-refractivity contribution >= 4 is 53.4 Å². The molecule has 3 heteroatoms. The molecule has 0 N–H and O–H groups in total. The van der Waals surface area contributed by atoms with E-state index in [9.17, 15) is 5.26 Å². The highest BCUT2D eigenvalue weighted by atomic mass is 32.1. The Morgan fingerprint density at radius 3 is 2.15 bits per heavy atom. The summed E-state index contributed by atoms with van der Waals surface area (Å²) in [5.74, 6) is 0. The van der Waals surface area contributed by atoms with Gasteiger partial charge in [0.2, 0.25) is 0 Å². The third-order valence-electron chi connectivity index (χ3n) is 7.73. The molecule has 2 nitrogen and oxygen atoms in total. The topological polar surface area (TPSA) is 36.9 Å². The molecule has 0 aliphatic rings. The molecule has 0 atom stereocenters. The van der Waals surface area contributed by atoms with Crippen LogP contribution in [0.2, 0.25) is 0 Å². The summed E-state index contributed by atoms with van der Waals surface area (Å²) in [6.07, 6.45) is 0. The van der Waals surface area contributed by atoms with Gasteiger partial charge in [-0.3, -0.25) is 0 Å². The number of nitriles is 1. The molecule has 2 heterocycles. The Kier molecular flexibility index (Phi) is 5.10. The molecule has 0 saturated carbocycles. The number of rotatable bonds is 3. The molecule has 8 aromatic rings. The summed E-state index contributed by atoms with van der Waals surface area (Å²) in [6, 6.07) is 46.6. The average Bonchev–Trinajstić information content (AvgIpc) is 3.59. The minimum Gasteiger partial charge on any atom is -0.456 e. The van der Waals surface area contributed by atoms with Crippen molar-refractivity contribution in [3.8, 4) is 39.4 Å². The molecule has 0 spiro atoms. The van der Waals surface area contributed by atoms with Gasteiger partial charge in [-0.25, -0.2) is 0 Å². The molecule has 0 unspecified atom stereocenters. The van der Waals surface area contributed by atoms with E-state index in [0.29, 0.717) is 5.56 Å². The first kappa shape index (κ1) is 22.8. The zero-order chi connectivity index (χ0) is 26.6. The molecule has 0 aliphatic carbocycles. The standard InChI is InChI=1S/C37H21NOS/c38-22-23-8-5-9-24(20-23)31-21-25(26-12-7-17-35-37(26)30-11-2-4-16-34(30)40-35)18-19-27(31)28-13-6-15-33-36(28)29-10-1-3-14-32(29)39-33/h1-21H. The number of fused-ring (bicyclic) bond motifs is 6. The highest BCUT2D eigenvalue weighted by molar-refractivity contribution is 7.25. The Bertz CT molecular complexity index is 2300. The Morgan fingerprint density at radius 1 is 0.500 bits per heavy atom. The highest BCUT2D eigenvalue weighted by Crippen LogP contribution is 2.44. The van der Waals surface area contributed by atoms with Gasteiger partial charge in [0.25, 0.3) is 0 Å². The highest BCUT2D eigenvalue weighted by Gasteiger charge is 2.18. The van der Waals surface area contributed by atoms with Gasteiger partial charge in [-0.1, -0.05) is 84.9 Å². The second kappa shape index (κ2) is 8.95. The molecule has 0 bridgehead atoms. The molecule has 0 saturated heterocycles. The SMILES string of the molecule is N#Cc1cccc(-c2cc(-c3cccc4sc5ccccc5c34)ccc2-c2cccc3oc4ccccc4c23)c1. The van der Waals surface area contributed by atoms with Gasteiger partial charge in [0.05, 0.1) is 11.6 Å². The predicted octanol–water partition coefficient (Wildman–Crippen LogP) is 10.8. The molecule has 186 valence electrons. The van der Waals surface area contributed by atoms with E-state index in [2.05, 4.69) is 97.1 Å². The summed E-state index contributed by atoms with van der Waals surface area (Å²) in [5, 5.41) is 14.5. The largest absolute Gasteiger partial charge is 0.456 e.